The molecule has 1 aromatic heterocycles. The Morgan fingerprint density at radius 1 is 1.00 bits per heavy atom. The molecule has 0 unspecified atom stereocenters. The normalized spacial score (nSPS) is 12.6. The highest BCUT2D eigenvalue weighted by molar-refractivity contribution is 7.16. The van der Waals surface area contributed by atoms with E-state index >= 15 is 0 Å². The van der Waals surface area contributed by atoms with Gasteiger partial charge in [0.05, 0.1) is 5.56 Å². The van der Waals surface area contributed by atoms with E-state index in [0.717, 1.165) is 36.1 Å². The molecule has 1 aliphatic carbocycles. The predicted molar refractivity (Wildman–Crippen MR) is 135 cm³/mol. The van der Waals surface area contributed by atoms with Crippen LogP contribution >= 0.6 is 11.3 Å². The smallest absolute Gasteiger partial charge is 0.266 e. The second kappa shape index (κ2) is 11.1. The van der Waals surface area contributed by atoms with Crippen LogP contribution in [0.3, 0.4) is 0 Å². The number of nitrogens with one attached hydrogen (secondary N) is 2. The summed E-state index contributed by atoms with van der Waals surface area (Å²) in [4.78, 5) is 25.9. The van der Waals surface area contributed by atoms with Crippen LogP contribution in [0.15, 0.2) is 60.2 Å². The Bertz CT molecular complexity index is 1350. The number of amides is 2. The van der Waals surface area contributed by atoms with Crippen molar-refractivity contribution in [1.29, 1.82) is 10.5 Å². The fourth-order valence-corrected chi connectivity index (χ4v) is 5.02. The molecular weight excluding hydrogens is 460 g/mol. The van der Waals surface area contributed by atoms with Crippen molar-refractivity contribution in [2.24, 2.45) is 0 Å². The Labute approximate surface area is 207 Å². The van der Waals surface area contributed by atoms with Crippen LogP contribution in [0.4, 0.5) is 10.7 Å². The number of nitrogens with zero attached hydrogens (tertiary/aromatic N) is 2. The number of carbonyl (C=O) groups is 2. The largest absolute Gasteiger partial charge is 0.484 e. The molecule has 4 rings (SSSR count). The minimum Gasteiger partial charge on any atom is -0.484 e. The molecule has 2 N–H and O–H groups in total. The van der Waals surface area contributed by atoms with Crippen LogP contribution in [0.2, 0.25) is 0 Å². The highest BCUT2D eigenvalue weighted by atomic mass is 32.1. The number of ether oxygens (including phenoxy) is 1. The van der Waals surface area contributed by atoms with Crippen molar-refractivity contribution in [2.45, 2.75) is 25.7 Å². The molecule has 2 aromatic carbocycles. The minimum atomic E-state index is -0.555. The maximum atomic E-state index is 12.7. The van der Waals surface area contributed by atoms with E-state index in [1.54, 1.807) is 36.4 Å². The van der Waals surface area contributed by atoms with Gasteiger partial charge in [-0.05, 0) is 67.2 Å². The third kappa shape index (κ3) is 5.94. The van der Waals surface area contributed by atoms with Crippen molar-refractivity contribution in [3.8, 4) is 17.9 Å². The van der Waals surface area contributed by atoms with E-state index in [9.17, 15) is 20.1 Å². The number of fused-ring (bicyclic) bond motifs is 1. The summed E-state index contributed by atoms with van der Waals surface area (Å²) in [6.45, 7) is -0.151. The van der Waals surface area contributed by atoms with Crippen LogP contribution in [0.1, 0.15) is 34.4 Å². The van der Waals surface area contributed by atoms with Gasteiger partial charge in [-0.1, -0.05) is 30.3 Å². The molecule has 1 heterocycles. The van der Waals surface area contributed by atoms with E-state index in [2.05, 4.69) is 16.7 Å². The van der Waals surface area contributed by atoms with Crippen LogP contribution in [-0.4, -0.2) is 18.4 Å². The first kappa shape index (κ1) is 23.7. The predicted octanol–water partition coefficient (Wildman–Crippen LogP) is 5.06. The van der Waals surface area contributed by atoms with Crippen LogP contribution in [0.25, 0.3) is 6.08 Å². The van der Waals surface area contributed by atoms with Gasteiger partial charge in [-0.25, -0.2) is 0 Å². The van der Waals surface area contributed by atoms with Gasteiger partial charge in [0.15, 0.2) is 6.61 Å². The summed E-state index contributed by atoms with van der Waals surface area (Å²) in [6.07, 6.45) is 5.33. The zero-order chi connectivity index (χ0) is 24.6. The van der Waals surface area contributed by atoms with Crippen molar-refractivity contribution in [3.05, 3.63) is 81.7 Å². The molecule has 1 aliphatic rings. The molecule has 0 aliphatic heterocycles. The fraction of sp³-hybridized carbons (Fsp3) is 0.185. The van der Waals surface area contributed by atoms with E-state index in [1.165, 1.54) is 17.4 Å². The molecule has 3 aromatic rings. The molecule has 0 atom stereocenters. The molecule has 7 nitrogen and oxygen atoms in total. The highest BCUT2D eigenvalue weighted by Crippen LogP contribution is 2.37. The third-order valence-corrected chi connectivity index (χ3v) is 6.70. The molecule has 0 spiro atoms. The lowest BCUT2D eigenvalue weighted by Gasteiger charge is -2.09. The molecule has 35 heavy (non-hydrogen) atoms. The Morgan fingerprint density at radius 3 is 2.46 bits per heavy atom. The van der Waals surface area contributed by atoms with Crippen molar-refractivity contribution < 1.29 is 14.3 Å². The Balaban J connectivity index is 1.38. The Kier molecular flexibility index (Phi) is 7.57. The van der Waals surface area contributed by atoms with Gasteiger partial charge < -0.3 is 15.4 Å². The number of nitriles is 2. The number of carbonyl (C=O) groups excluding carboxylic acids is 2. The molecular formula is C27H22N4O3S. The fourth-order valence-electron chi connectivity index (χ4n) is 3.79. The van der Waals surface area contributed by atoms with E-state index < -0.39 is 5.91 Å². The first-order valence-corrected chi connectivity index (χ1v) is 11.9. The Morgan fingerprint density at radius 2 is 1.74 bits per heavy atom. The summed E-state index contributed by atoms with van der Waals surface area (Å²) < 4.78 is 5.51. The second-order valence-corrected chi connectivity index (χ2v) is 9.03. The number of anilines is 2. The van der Waals surface area contributed by atoms with Crippen molar-refractivity contribution in [1.82, 2.24) is 0 Å². The van der Waals surface area contributed by atoms with Crippen LogP contribution in [0, 0.1) is 22.7 Å². The molecule has 0 fully saturated rings. The van der Waals surface area contributed by atoms with E-state index in [-0.39, 0.29) is 18.1 Å². The van der Waals surface area contributed by atoms with Gasteiger partial charge in [-0.15, -0.1) is 11.3 Å². The van der Waals surface area contributed by atoms with Gasteiger partial charge in [0.1, 0.15) is 28.5 Å². The standard InChI is InChI=1S/C27H22N4O3S/c28-15-19(26(33)31-27-23(16-29)22-8-4-5-9-24(22)35-27)14-18-10-12-21(13-11-18)34-17-25(32)30-20-6-2-1-3-7-20/h1-3,6-7,10-14H,4-5,8-9,17H2,(H,30,32)(H,31,33)/b19-14+. The van der Waals surface area contributed by atoms with Gasteiger partial charge in [0.25, 0.3) is 11.8 Å². The van der Waals surface area contributed by atoms with E-state index in [0.29, 0.717) is 27.6 Å². The average Bonchev–Trinajstić information content (AvgIpc) is 3.24. The van der Waals surface area contributed by atoms with Crippen LogP contribution in [-0.2, 0) is 22.4 Å². The topological polar surface area (TPSA) is 115 Å². The molecule has 8 heteroatoms. The van der Waals surface area contributed by atoms with Crippen LogP contribution in [0.5, 0.6) is 5.75 Å². The zero-order valence-corrected chi connectivity index (χ0v) is 19.7. The van der Waals surface area contributed by atoms with Gasteiger partial charge in [0, 0.05) is 10.6 Å². The summed E-state index contributed by atoms with van der Waals surface area (Å²) in [5.41, 5.74) is 2.77. The van der Waals surface area contributed by atoms with Crippen LogP contribution < -0.4 is 15.4 Å². The molecule has 0 saturated carbocycles. The van der Waals surface area contributed by atoms with Gasteiger partial charge in [-0.2, -0.15) is 10.5 Å². The third-order valence-electron chi connectivity index (χ3n) is 5.49. The van der Waals surface area contributed by atoms with E-state index in [1.807, 2.05) is 24.3 Å². The lowest BCUT2D eigenvalue weighted by Crippen LogP contribution is -2.20. The van der Waals surface area contributed by atoms with Gasteiger partial charge in [0.2, 0.25) is 0 Å². The number of hydrogen-bond donors (Lipinski definition) is 2. The summed E-state index contributed by atoms with van der Waals surface area (Å²) in [5.74, 6) is -0.354. The van der Waals surface area contributed by atoms with Gasteiger partial charge >= 0.3 is 0 Å². The van der Waals surface area contributed by atoms with Crippen molar-refractivity contribution in [3.63, 3.8) is 0 Å². The molecule has 2 amide bonds. The number of benzene rings is 2. The number of aryl methyl sites for hydroxylation is 1. The first-order valence-electron chi connectivity index (χ1n) is 11.1. The summed E-state index contributed by atoms with van der Waals surface area (Å²) >= 11 is 1.42. The number of rotatable bonds is 7. The van der Waals surface area contributed by atoms with E-state index in [4.69, 9.17) is 4.74 Å². The second-order valence-electron chi connectivity index (χ2n) is 7.92. The highest BCUT2D eigenvalue weighted by Gasteiger charge is 2.22. The number of thiophene rings is 1. The minimum absolute atomic E-state index is 0.0730. The molecule has 0 bridgehead atoms. The summed E-state index contributed by atoms with van der Waals surface area (Å²) in [6, 6.07) is 19.9. The summed E-state index contributed by atoms with van der Waals surface area (Å²) in [7, 11) is 0. The Hall–Kier alpha value is -4.40. The average molecular weight is 483 g/mol. The number of hydrogen-bond acceptors (Lipinski definition) is 6. The van der Waals surface area contributed by atoms with Crippen molar-refractivity contribution >= 4 is 39.9 Å². The molecule has 0 radical (unpaired) electrons. The molecule has 174 valence electrons. The van der Waals surface area contributed by atoms with Gasteiger partial charge in [-0.3, -0.25) is 9.59 Å². The molecule has 0 saturated heterocycles. The number of para-hydroxylation sites is 1. The SMILES string of the molecule is N#C/C(=C\c1ccc(OCC(=O)Nc2ccccc2)cc1)C(=O)Nc1sc2c(c1C#N)CCCC2. The zero-order valence-electron chi connectivity index (χ0n) is 18.8. The quantitative estimate of drug-likeness (QED) is 0.361. The summed E-state index contributed by atoms with van der Waals surface area (Å²) in [5, 5.41) is 25.1. The maximum absolute atomic E-state index is 12.7. The monoisotopic (exact) mass is 482 g/mol. The van der Waals surface area contributed by atoms with Crippen molar-refractivity contribution in [2.75, 3.05) is 17.2 Å². The lowest BCUT2D eigenvalue weighted by molar-refractivity contribution is -0.118. The lowest BCUT2D eigenvalue weighted by atomic mass is 9.96. The maximum Gasteiger partial charge on any atom is 0.266 e. The first-order chi connectivity index (χ1) is 17.1.